The minimum atomic E-state index is -0.344. The number of carbonyl (C=O) groups excluding carboxylic acids is 2. The number of anilines is 2. The first kappa shape index (κ1) is 28.2. The van der Waals surface area contributed by atoms with Crippen molar-refractivity contribution in [3.05, 3.63) is 60.2 Å². The first-order valence-corrected chi connectivity index (χ1v) is 13.6. The second kappa shape index (κ2) is 13.3. The molecule has 2 aromatic carbocycles. The molecule has 1 fully saturated rings. The number of nitrogens with zero attached hydrogens (tertiary/aromatic N) is 1. The van der Waals surface area contributed by atoms with Gasteiger partial charge in [-0.25, -0.2) is 4.98 Å². The van der Waals surface area contributed by atoms with Crippen molar-refractivity contribution in [2.75, 3.05) is 51.9 Å². The highest BCUT2D eigenvalue weighted by molar-refractivity contribution is 5.94. The Balaban J connectivity index is 1.27. The largest absolute Gasteiger partial charge is 0.486 e. The zero-order valence-corrected chi connectivity index (χ0v) is 22.9. The van der Waals surface area contributed by atoms with Gasteiger partial charge in [0.2, 0.25) is 11.8 Å². The van der Waals surface area contributed by atoms with Crippen molar-refractivity contribution < 1.29 is 33.6 Å². The number of benzene rings is 2. The summed E-state index contributed by atoms with van der Waals surface area (Å²) in [5.41, 5.74) is 3.25. The van der Waals surface area contributed by atoms with Gasteiger partial charge in [-0.2, -0.15) is 0 Å². The number of amides is 2. The van der Waals surface area contributed by atoms with E-state index in [1.807, 2.05) is 30.3 Å². The molecule has 2 aliphatic rings. The lowest BCUT2D eigenvalue weighted by molar-refractivity contribution is -0.128. The highest BCUT2D eigenvalue weighted by Gasteiger charge is 2.27. The summed E-state index contributed by atoms with van der Waals surface area (Å²) in [6, 6.07) is 16.3. The average Bonchev–Trinajstić information content (AvgIpc) is 3.03. The van der Waals surface area contributed by atoms with Crippen LogP contribution in [-0.2, 0) is 9.53 Å². The number of aliphatic hydroxyl groups is 1. The standard InChI is InChI=1S/C30H34N4O7/c1-38-30-25(33-21-7-5-19(6-8-21)28(36)31-13-14-35)10-9-24(34-30)23-3-2-4-26-27(23)41-22(18-40-26)17-32-29(37)20-11-15-39-16-12-20/h2-10,20,22,33,35H,11-18H2,1H3,(H,31,36)(H,32,37). The fourth-order valence-electron chi connectivity index (χ4n) is 4.73. The van der Waals surface area contributed by atoms with Crippen LogP contribution in [0.15, 0.2) is 54.6 Å². The molecule has 216 valence electrons. The second-order valence-corrected chi connectivity index (χ2v) is 9.75. The fraction of sp³-hybridized carbons (Fsp3) is 0.367. The van der Waals surface area contributed by atoms with Gasteiger partial charge in [0.15, 0.2) is 11.5 Å². The lowest BCUT2D eigenvalue weighted by Gasteiger charge is -2.29. The van der Waals surface area contributed by atoms with Gasteiger partial charge in [0.05, 0.1) is 26.0 Å². The van der Waals surface area contributed by atoms with E-state index in [1.54, 1.807) is 31.4 Å². The number of para-hydroxylation sites is 1. The van der Waals surface area contributed by atoms with Crippen LogP contribution in [0, 0.1) is 5.92 Å². The molecule has 4 N–H and O–H groups in total. The van der Waals surface area contributed by atoms with E-state index in [0.717, 1.165) is 24.1 Å². The summed E-state index contributed by atoms with van der Waals surface area (Å²) in [5, 5.41) is 17.8. The van der Waals surface area contributed by atoms with Crippen LogP contribution in [0.1, 0.15) is 23.2 Å². The van der Waals surface area contributed by atoms with E-state index in [9.17, 15) is 9.59 Å². The molecule has 0 saturated carbocycles. The second-order valence-electron chi connectivity index (χ2n) is 9.75. The van der Waals surface area contributed by atoms with Gasteiger partial charge in [-0.05, 0) is 61.4 Å². The molecular weight excluding hydrogens is 528 g/mol. The molecule has 11 nitrogen and oxygen atoms in total. The van der Waals surface area contributed by atoms with Crippen molar-refractivity contribution in [1.82, 2.24) is 15.6 Å². The quantitative estimate of drug-likeness (QED) is 0.294. The lowest BCUT2D eigenvalue weighted by atomic mass is 9.99. The highest BCUT2D eigenvalue weighted by atomic mass is 16.6. The maximum atomic E-state index is 12.6. The molecule has 0 aliphatic carbocycles. The summed E-state index contributed by atoms with van der Waals surface area (Å²) in [6.45, 7) is 1.97. The zero-order valence-electron chi connectivity index (χ0n) is 22.9. The molecule has 1 unspecified atom stereocenters. The summed E-state index contributed by atoms with van der Waals surface area (Å²) < 4.78 is 23.2. The molecule has 3 aromatic rings. The Morgan fingerprint density at radius 3 is 2.61 bits per heavy atom. The van der Waals surface area contributed by atoms with E-state index in [1.165, 1.54) is 0 Å². The third-order valence-corrected chi connectivity index (χ3v) is 6.94. The van der Waals surface area contributed by atoms with E-state index < -0.39 is 0 Å². The molecule has 1 saturated heterocycles. The number of aromatic nitrogens is 1. The van der Waals surface area contributed by atoms with Gasteiger partial charge in [0.1, 0.15) is 18.4 Å². The SMILES string of the molecule is COc1nc(-c2cccc3c2OC(CNC(=O)C2CCOCC2)CO3)ccc1Nc1ccc(C(=O)NCCO)cc1. The van der Waals surface area contributed by atoms with Crippen molar-refractivity contribution in [2.45, 2.75) is 18.9 Å². The van der Waals surface area contributed by atoms with Gasteiger partial charge in [0, 0.05) is 42.5 Å². The first-order valence-electron chi connectivity index (χ1n) is 13.6. The Labute approximate surface area is 238 Å². The Hall–Kier alpha value is -4.35. The van der Waals surface area contributed by atoms with Gasteiger partial charge in [-0.15, -0.1) is 0 Å². The van der Waals surface area contributed by atoms with Crippen molar-refractivity contribution in [3.8, 4) is 28.6 Å². The minimum absolute atomic E-state index is 0.0186. The van der Waals surface area contributed by atoms with E-state index in [0.29, 0.717) is 60.7 Å². The van der Waals surface area contributed by atoms with Crippen LogP contribution in [0.25, 0.3) is 11.3 Å². The molecule has 0 spiro atoms. The topological polar surface area (TPSA) is 140 Å². The number of rotatable bonds is 10. The van der Waals surface area contributed by atoms with Crippen LogP contribution in [-0.4, -0.2) is 74.6 Å². The van der Waals surface area contributed by atoms with Gasteiger partial charge in [-0.1, -0.05) is 6.07 Å². The molecular formula is C30H34N4O7. The number of nitrogens with one attached hydrogen (secondary N) is 3. The van der Waals surface area contributed by atoms with Crippen molar-refractivity contribution in [1.29, 1.82) is 0 Å². The Kier molecular flexibility index (Phi) is 9.17. The van der Waals surface area contributed by atoms with Crippen LogP contribution < -0.4 is 30.2 Å². The van der Waals surface area contributed by atoms with Crippen molar-refractivity contribution in [3.63, 3.8) is 0 Å². The summed E-state index contributed by atoms with van der Waals surface area (Å²) in [4.78, 5) is 29.4. The third kappa shape index (κ3) is 6.87. The van der Waals surface area contributed by atoms with Gasteiger partial charge < -0.3 is 40.0 Å². The zero-order chi connectivity index (χ0) is 28.6. The first-order chi connectivity index (χ1) is 20.1. The molecule has 2 amide bonds. The van der Waals surface area contributed by atoms with E-state index in [4.69, 9.17) is 29.0 Å². The molecule has 11 heteroatoms. The van der Waals surface area contributed by atoms with Crippen LogP contribution in [0.5, 0.6) is 17.4 Å². The average molecular weight is 563 g/mol. The number of fused-ring (bicyclic) bond motifs is 1. The number of ether oxygens (including phenoxy) is 4. The Bertz CT molecular complexity index is 1360. The fourth-order valence-corrected chi connectivity index (χ4v) is 4.73. The van der Waals surface area contributed by atoms with Gasteiger partial charge in [0.25, 0.3) is 5.91 Å². The highest BCUT2D eigenvalue weighted by Crippen LogP contribution is 2.41. The summed E-state index contributed by atoms with van der Waals surface area (Å²) in [6.07, 6.45) is 1.11. The number of methoxy groups -OCH3 is 1. The lowest BCUT2D eigenvalue weighted by Crippen LogP contribution is -2.43. The van der Waals surface area contributed by atoms with Crippen LogP contribution in [0.4, 0.5) is 11.4 Å². The van der Waals surface area contributed by atoms with Crippen LogP contribution in [0.2, 0.25) is 0 Å². The van der Waals surface area contributed by atoms with E-state index in [-0.39, 0.29) is 37.0 Å². The van der Waals surface area contributed by atoms with Gasteiger partial charge >= 0.3 is 0 Å². The molecule has 0 bridgehead atoms. The predicted octanol–water partition coefficient (Wildman–Crippen LogP) is 2.91. The molecule has 0 radical (unpaired) electrons. The summed E-state index contributed by atoms with van der Waals surface area (Å²) in [7, 11) is 1.54. The molecule has 1 aromatic heterocycles. The molecule has 41 heavy (non-hydrogen) atoms. The minimum Gasteiger partial charge on any atom is -0.486 e. The van der Waals surface area contributed by atoms with Crippen molar-refractivity contribution in [2.24, 2.45) is 5.92 Å². The predicted molar refractivity (Wildman–Crippen MR) is 152 cm³/mol. The van der Waals surface area contributed by atoms with E-state index >= 15 is 0 Å². The molecule has 5 rings (SSSR count). The van der Waals surface area contributed by atoms with E-state index in [2.05, 4.69) is 16.0 Å². The smallest absolute Gasteiger partial charge is 0.251 e. The molecule has 3 heterocycles. The number of hydrogen-bond donors (Lipinski definition) is 4. The third-order valence-electron chi connectivity index (χ3n) is 6.94. The van der Waals surface area contributed by atoms with Crippen LogP contribution in [0.3, 0.4) is 0 Å². The number of carbonyl (C=O) groups is 2. The van der Waals surface area contributed by atoms with Crippen LogP contribution >= 0.6 is 0 Å². The van der Waals surface area contributed by atoms with Crippen molar-refractivity contribution >= 4 is 23.2 Å². The molecule has 1 atom stereocenters. The maximum Gasteiger partial charge on any atom is 0.251 e. The number of pyridine rings is 1. The summed E-state index contributed by atoms with van der Waals surface area (Å²) in [5.74, 6) is 1.28. The normalized spacial score (nSPS) is 16.5. The molecule has 2 aliphatic heterocycles. The number of hydrogen-bond acceptors (Lipinski definition) is 9. The summed E-state index contributed by atoms with van der Waals surface area (Å²) >= 11 is 0. The van der Waals surface area contributed by atoms with Gasteiger partial charge in [-0.3, -0.25) is 9.59 Å². The number of aliphatic hydroxyl groups excluding tert-OH is 1. The monoisotopic (exact) mass is 562 g/mol. The Morgan fingerprint density at radius 1 is 1.05 bits per heavy atom. The Morgan fingerprint density at radius 2 is 1.85 bits per heavy atom. The maximum absolute atomic E-state index is 12.6.